The van der Waals surface area contributed by atoms with Gasteiger partial charge in [0.05, 0.1) is 12.1 Å². The van der Waals surface area contributed by atoms with Gasteiger partial charge < -0.3 is 20.7 Å². The van der Waals surface area contributed by atoms with E-state index in [1.165, 1.54) is 11.3 Å². The normalized spacial score (nSPS) is 16.6. The lowest BCUT2D eigenvalue weighted by Gasteiger charge is -2.37. The third-order valence-corrected chi connectivity index (χ3v) is 9.24. The molecule has 2 heterocycles. The van der Waals surface area contributed by atoms with Crippen LogP contribution in [-0.4, -0.2) is 42.0 Å². The maximum absolute atomic E-state index is 14.2. The number of hydrogen-bond donors (Lipinski definition) is 2. The topological polar surface area (TPSA) is 80.5 Å². The summed E-state index contributed by atoms with van der Waals surface area (Å²) in [6, 6.07) is 18.4. The van der Waals surface area contributed by atoms with E-state index in [0.717, 1.165) is 63.9 Å². The van der Waals surface area contributed by atoms with Crippen LogP contribution in [0.4, 0.5) is 5.82 Å². The molecule has 1 aliphatic carbocycles. The Balaban J connectivity index is 0.00000220. The Bertz CT molecular complexity index is 1470. The van der Waals surface area contributed by atoms with Gasteiger partial charge in [-0.2, -0.15) is 0 Å². The second-order valence-electron chi connectivity index (χ2n) is 9.86. The highest BCUT2D eigenvalue weighted by molar-refractivity contribution is 7.21. The van der Waals surface area contributed by atoms with Gasteiger partial charge in [0, 0.05) is 45.5 Å². The van der Waals surface area contributed by atoms with Crippen LogP contribution in [0.3, 0.4) is 0 Å². The Labute approximate surface area is 257 Å². The largest absolute Gasteiger partial charge is 0.496 e. The van der Waals surface area contributed by atoms with Gasteiger partial charge in [0.15, 0.2) is 0 Å². The molecule has 2 aromatic heterocycles. The van der Waals surface area contributed by atoms with E-state index in [-0.39, 0.29) is 36.8 Å². The molecular weight excluding hydrogens is 587 g/mol. The van der Waals surface area contributed by atoms with E-state index in [0.29, 0.717) is 28.3 Å². The summed E-state index contributed by atoms with van der Waals surface area (Å²) in [6.07, 6.45) is 3.92. The second kappa shape index (κ2) is 13.9. The minimum absolute atomic E-state index is 0. The Hall–Kier alpha value is -2.55. The molecule has 0 bridgehead atoms. The zero-order chi connectivity index (χ0) is 26.8. The molecule has 0 spiro atoms. The highest BCUT2D eigenvalue weighted by Crippen LogP contribution is 2.38. The van der Waals surface area contributed by atoms with Crippen molar-refractivity contribution in [3.63, 3.8) is 0 Å². The van der Waals surface area contributed by atoms with Crippen LogP contribution in [0.5, 0.6) is 5.75 Å². The van der Waals surface area contributed by atoms with Crippen molar-refractivity contribution in [1.82, 2.24) is 15.2 Å². The fourth-order valence-corrected chi connectivity index (χ4v) is 6.93. The lowest BCUT2D eigenvalue weighted by molar-refractivity contribution is 0.0604. The number of anilines is 1. The van der Waals surface area contributed by atoms with E-state index in [2.05, 4.69) is 16.4 Å². The molecule has 2 aromatic carbocycles. The number of methoxy groups -OCH3 is 1. The molecule has 40 heavy (non-hydrogen) atoms. The van der Waals surface area contributed by atoms with Gasteiger partial charge in [-0.1, -0.05) is 35.9 Å². The van der Waals surface area contributed by atoms with Crippen LogP contribution in [0.1, 0.15) is 46.6 Å². The van der Waals surface area contributed by atoms with Crippen molar-refractivity contribution in [3.8, 4) is 16.9 Å². The number of carbonyl (C=O) groups is 1. The summed E-state index contributed by atoms with van der Waals surface area (Å²) >= 11 is 8.26. The number of rotatable bonds is 7. The average molecular weight is 622 g/mol. The van der Waals surface area contributed by atoms with Crippen molar-refractivity contribution in [2.75, 3.05) is 19.9 Å². The van der Waals surface area contributed by atoms with Gasteiger partial charge in [0.25, 0.3) is 5.91 Å². The first-order valence-corrected chi connectivity index (χ1v) is 14.1. The summed E-state index contributed by atoms with van der Waals surface area (Å²) in [5, 5.41) is 4.86. The minimum atomic E-state index is -0.0260. The molecule has 1 aliphatic rings. The SMILES string of the molecule is CNC1CCC(N(Cc2cc(-c3ccc(N)nc3C)ccc2OC)C(=O)c2sc3ccccc3c2Cl)CC1.Cl.Cl. The molecular formula is C30H35Cl3N4O2S. The van der Waals surface area contributed by atoms with E-state index >= 15 is 0 Å². The molecule has 5 rings (SSSR count). The maximum Gasteiger partial charge on any atom is 0.266 e. The average Bonchev–Trinajstić information content (AvgIpc) is 3.28. The van der Waals surface area contributed by atoms with Gasteiger partial charge in [-0.15, -0.1) is 36.2 Å². The van der Waals surface area contributed by atoms with Gasteiger partial charge in [0.1, 0.15) is 16.4 Å². The number of nitrogens with one attached hydrogen (secondary N) is 1. The predicted molar refractivity (Wildman–Crippen MR) is 172 cm³/mol. The molecule has 0 radical (unpaired) electrons. The van der Waals surface area contributed by atoms with E-state index in [1.54, 1.807) is 7.11 Å². The number of hydrogen-bond acceptors (Lipinski definition) is 6. The van der Waals surface area contributed by atoms with Gasteiger partial charge in [-0.25, -0.2) is 4.98 Å². The standard InChI is InChI=1S/C30H33ClN4O2S.2ClH/c1-18-23(13-15-27(32)34-18)19-8-14-25(37-3)20(16-19)17-35(22-11-9-21(33-2)10-12-22)30(36)29-28(31)24-6-4-5-7-26(24)38-29;;/h4-8,13-16,21-22,33H,9-12,17H2,1-3H3,(H2,32,34);2*1H. The Kier molecular flexibility index (Phi) is 11.1. The number of aryl methyl sites for hydroxylation is 1. The quantitative estimate of drug-likeness (QED) is 0.223. The number of nitrogen functional groups attached to an aromatic ring is 1. The van der Waals surface area contributed by atoms with Crippen LogP contribution in [0, 0.1) is 6.92 Å². The molecule has 10 heteroatoms. The molecule has 3 N–H and O–H groups in total. The molecule has 214 valence electrons. The van der Waals surface area contributed by atoms with Crippen molar-refractivity contribution in [3.05, 3.63) is 75.8 Å². The van der Waals surface area contributed by atoms with Crippen molar-refractivity contribution >= 4 is 69.6 Å². The lowest BCUT2D eigenvalue weighted by atomic mass is 9.89. The molecule has 0 aliphatic heterocycles. The number of carbonyl (C=O) groups excluding carboxylic acids is 1. The smallest absolute Gasteiger partial charge is 0.266 e. The second-order valence-corrected chi connectivity index (χ2v) is 11.3. The van der Waals surface area contributed by atoms with Crippen LogP contribution in [-0.2, 0) is 6.54 Å². The van der Waals surface area contributed by atoms with Crippen molar-refractivity contribution < 1.29 is 9.53 Å². The summed E-state index contributed by atoms with van der Waals surface area (Å²) in [5.41, 5.74) is 9.71. The fourth-order valence-electron chi connectivity index (χ4n) is 5.46. The first kappa shape index (κ1) is 32.0. The van der Waals surface area contributed by atoms with Gasteiger partial charge in [-0.05, 0) is 75.5 Å². The van der Waals surface area contributed by atoms with Gasteiger partial charge >= 0.3 is 0 Å². The highest BCUT2D eigenvalue weighted by Gasteiger charge is 2.32. The number of nitrogens with zero attached hydrogens (tertiary/aromatic N) is 2. The van der Waals surface area contributed by atoms with E-state index in [4.69, 9.17) is 22.1 Å². The molecule has 1 amide bonds. The summed E-state index contributed by atoms with van der Waals surface area (Å²) in [6.45, 7) is 2.38. The first-order chi connectivity index (χ1) is 18.4. The van der Waals surface area contributed by atoms with E-state index < -0.39 is 0 Å². The molecule has 1 fully saturated rings. The van der Waals surface area contributed by atoms with Crippen LogP contribution in [0.2, 0.25) is 5.02 Å². The number of benzene rings is 2. The maximum atomic E-state index is 14.2. The third-order valence-electron chi connectivity index (χ3n) is 7.58. The van der Waals surface area contributed by atoms with Crippen molar-refractivity contribution in [1.29, 1.82) is 0 Å². The molecule has 1 saturated carbocycles. The number of halogens is 3. The number of pyridine rings is 1. The monoisotopic (exact) mass is 620 g/mol. The van der Waals surface area contributed by atoms with Gasteiger partial charge in [-0.3, -0.25) is 4.79 Å². The minimum Gasteiger partial charge on any atom is -0.496 e. The molecule has 0 unspecified atom stereocenters. The number of aromatic nitrogens is 1. The highest BCUT2D eigenvalue weighted by atomic mass is 35.5. The fraction of sp³-hybridized carbons (Fsp3) is 0.333. The zero-order valence-electron chi connectivity index (χ0n) is 22.8. The van der Waals surface area contributed by atoms with Crippen LogP contribution in [0.15, 0.2) is 54.6 Å². The van der Waals surface area contributed by atoms with Gasteiger partial charge in [0.2, 0.25) is 0 Å². The van der Waals surface area contributed by atoms with E-state index in [1.807, 2.05) is 67.4 Å². The predicted octanol–water partition coefficient (Wildman–Crippen LogP) is 7.53. The molecule has 0 saturated heterocycles. The molecule has 4 aromatic rings. The number of ether oxygens (including phenoxy) is 1. The lowest BCUT2D eigenvalue weighted by Crippen LogP contribution is -2.44. The van der Waals surface area contributed by atoms with Crippen molar-refractivity contribution in [2.45, 2.75) is 51.2 Å². The molecule has 6 nitrogen and oxygen atoms in total. The Morgan fingerprint density at radius 1 is 1.12 bits per heavy atom. The number of amides is 1. The zero-order valence-corrected chi connectivity index (χ0v) is 26.0. The van der Waals surface area contributed by atoms with Crippen LogP contribution in [0.25, 0.3) is 21.2 Å². The van der Waals surface area contributed by atoms with Crippen LogP contribution < -0.4 is 15.8 Å². The Morgan fingerprint density at radius 2 is 1.85 bits per heavy atom. The van der Waals surface area contributed by atoms with Crippen LogP contribution >= 0.6 is 47.8 Å². The summed E-state index contributed by atoms with van der Waals surface area (Å²) in [7, 11) is 3.68. The third kappa shape index (κ3) is 6.50. The van der Waals surface area contributed by atoms with Crippen molar-refractivity contribution in [2.24, 2.45) is 0 Å². The molecule has 0 atom stereocenters. The summed E-state index contributed by atoms with van der Waals surface area (Å²) in [5.74, 6) is 1.22. The Morgan fingerprint density at radius 3 is 2.50 bits per heavy atom. The number of nitrogens with two attached hydrogens (primary N) is 1. The number of fused-ring (bicyclic) bond motifs is 1. The summed E-state index contributed by atoms with van der Waals surface area (Å²) < 4.78 is 6.78. The summed E-state index contributed by atoms with van der Waals surface area (Å²) in [4.78, 5) is 21.2. The first-order valence-electron chi connectivity index (χ1n) is 12.9. The number of thiophene rings is 1. The van der Waals surface area contributed by atoms with E-state index in [9.17, 15) is 4.79 Å².